The van der Waals surface area contributed by atoms with Crippen molar-refractivity contribution in [2.24, 2.45) is 11.7 Å². The first-order valence-corrected chi connectivity index (χ1v) is 6.07. The van der Waals surface area contributed by atoms with Crippen molar-refractivity contribution >= 4 is 33.2 Å². The smallest absolute Gasteiger partial charge is 0.227 e. The lowest BCUT2D eigenvalue weighted by molar-refractivity contribution is -0.117. The maximum atomic E-state index is 13.2. The molecule has 0 saturated carbocycles. The summed E-state index contributed by atoms with van der Waals surface area (Å²) in [7, 11) is 0. The first kappa shape index (κ1) is 12.3. The second-order valence-corrected chi connectivity index (χ2v) is 4.99. The van der Waals surface area contributed by atoms with E-state index in [0.717, 1.165) is 0 Å². The molecule has 4 nitrogen and oxygen atoms in total. The monoisotopic (exact) mass is 301 g/mol. The number of nitrogen functional groups attached to an aromatic ring is 1. The third kappa shape index (κ3) is 2.28. The molecule has 1 aliphatic heterocycles. The van der Waals surface area contributed by atoms with Gasteiger partial charge in [0.1, 0.15) is 5.82 Å². The number of hydrogen-bond donors (Lipinski definition) is 2. The van der Waals surface area contributed by atoms with Gasteiger partial charge in [0.05, 0.1) is 15.8 Å². The summed E-state index contributed by atoms with van der Waals surface area (Å²) in [5.74, 6) is -0.315. The van der Waals surface area contributed by atoms with Gasteiger partial charge in [-0.25, -0.2) is 4.39 Å². The van der Waals surface area contributed by atoms with Gasteiger partial charge in [0.25, 0.3) is 0 Å². The van der Waals surface area contributed by atoms with Crippen molar-refractivity contribution in [3.63, 3.8) is 0 Å². The molecule has 1 unspecified atom stereocenters. The Morgan fingerprint density at radius 3 is 2.82 bits per heavy atom. The Labute approximate surface area is 107 Å². The Balaban J connectivity index is 2.35. The Morgan fingerprint density at radius 1 is 1.53 bits per heavy atom. The van der Waals surface area contributed by atoms with E-state index in [1.807, 2.05) is 0 Å². The highest BCUT2D eigenvalue weighted by atomic mass is 79.9. The molecule has 6 heteroatoms. The highest BCUT2D eigenvalue weighted by Crippen LogP contribution is 2.33. The zero-order chi connectivity index (χ0) is 12.6. The lowest BCUT2D eigenvalue weighted by Gasteiger charge is -2.19. The number of anilines is 2. The Hall–Kier alpha value is -1.14. The van der Waals surface area contributed by atoms with Crippen molar-refractivity contribution in [3.8, 4) is 0 Å². The number of carbonyl (C=O) groups is 1. The van der Waals surface area contributed by atoms with Crippen molar-refractivity contribution in [1.82, 2.24) is 0 Å². The minimum Gasteiger partial charge on any atom is -0.397 e. The van der Waals surface area contributed by atoms with Gasteiger partial charge >= 0.3 is 0 Å². The summed E-state index contributed by atoms with van der Waals surface area (Å²) in [6.45, 7) is 1.00. The van der Waals surface area contributed by atoms with Gasteiger partial charge in [-0.1, -0.05) is 0 Å². The van der Waals surface area contributed by atoms with Crippen LogP contribution >= 0.6 is 15.9 Å². The molecule has 1 saturated heterocycles. The molecule has 0 aliphatic carbocycles. The predicted octanol–water partition coefficient (Wildman–Crippen LogP) is 1.48. The maximum absolute atomic E-state index is 13.2. The fourth-order valence-electron chi connectivity index (χ4n) is 1.96. The summed E-state index contributed by atoms with van der Waals surface area (Å²) in [6.07, 6.45) is 0.422. The minimum atomic E-state index is -0.437. The molecule has 0 bridgehead atoms. The third-order valence-corrected chi connectivity index (χ3v) is 3.51. The van der Waals surface area contributed by atoms with Crippen molar-refractivity contribution in [1.29, 1.82) is 0 Å². The molecule has 0 spiro atoms. The first-order valence-electron chi connectivity index (χ1n) is 5.28. The maximum Gasteiger partial charge on any atom is 0.227 e. The Bertz CT molecular complexity index is 466. The van der Waals surface area contributed by atoms with Crippen LogP contribution in [0.4, 0.5) is 15.8 Å². The van der Waals surface area contributed by atoms with Crippen LogP contribution in [0.25, 0.3) is 0 Å². The van der Waals surface area contributed by atoms with Crippen LogP contribution in [-0.4, -0.2) is 19.0 Å². The van der Waals surface area contributed by atoms with E-state index in [9.17, 15) is 9.18 Å². The van der Waals surface area contributed by atoms with Gasteiger partial charge in [-0.2, -0.15) is 0 Å². The molecule has 1 aromatic carbocycles. The van der Waals surface area contributed by atoms with E-state index in [1.165, 1.54) is 12.1 Å². The first-order chi connectivity index (χ1) is 8.02. The van der Waals surface area contributed by atoms with Crippen LogP contribution in [0, 0.1) is 11.7 Å². The summed E-state index contributed by atoms with van der Waals surface area (Å²) < 4.78 is 13.5. The van der Waals surface area contributed by atoms with Gasteiger partial charge in [-0.15, -0.1) is 0 Å². The summed E-state index contributed by atoms with van der Waals surface area (Å²) in [5.41, 5.74) is 12.1. The fraction of sp³-hybridized carbons (Fsp3) is 0.364. The van der Waals surface area contributed by atoms with Gasteiger partial charge in [0, 0.05) is 19.0 Å². The average Bonchev–Trinajstić information content (AvgIpc) is 2.65. The van der Waals surface area contributed by atoms with Gasteiger partial charge in [0.2, 0.25) is 5.91 Å². The molecule has 0 radical (unpaired) electrons. The second kappa shape index (κ2) is 4.62. The molecule has 1 fully saturated rings. The van der Waals surface area contributed by atoms with Gasteiger partial charge in [0.15, 0.2) is 0 Å². The van der Waals surface area contributed by atoms with E-state index in [0.29, 0.717) is 29.7 Å². The molecule has 1 aromatic rings. The quantitative estimate of drug-likeness (QED) is 0.813. The van der Waals surface area contributed by atoms with E-state index in [4.69, 9.17) is 11.5 Å². The van der Waals surface area contributed by atoms with Crippen LogP contribution in [0.3, 0.4) is 0 Å². The van der Waals surface area contributed by atoms with Crippen molar-refractivity contribution in [3.05, 3.63) is 22.4 Å². The number of nitrogens with zero attached hydrogens (tertiary/aromatic N) is 1. The number of benzene rings is 1. The average molecular weight is 302 g/mol. The summed E-state index contributed by atoms with van der Waals surface area (Å²) in [5, 5.41) is 0. The van der Waals surface area contributed by atoms with Crippen LogP contribution in [0.2, 0.25) is 0 Å². The van der Waals surface area contributed by atoms with Crippen LogP contribution in [0.1, 0.15) is 6.42 Å². The number of rotatable bonds is 2. The highest BCUT2D eigenvalue weighted by molar-refractivity contribution is 9.10. The normalized spacial score (nSPS) is 20.1. The zero-order valence-electron chi connectivity index (χ0n) is 9.12. The van der Waals surface area contributed by atoms with Gasteiger partial charge < -0.3 is 16.4 Å². The number of halogens is 2. The van der Waals surface area contributed by atoms with Crippen LogP contribution in [0.5, 0.6) is 0 Å². The largest absolute Gasteiger partial charge is 0.397 e. The molecular weight excluding hydrogens is 289 g/mol. The molecule has 17 heavy (non-hydrogen) atoms. The summed E-state index contributed by atoms with van der Waals surface area (Å²) >= 11 is 3.09. The summed E-state index contributed by atoms with van der Waals surface area (Å²) in [6, 6.07) is 2.74. The van der Waals surface area contributed by atoms with E-state index in [2.05, 4.69) is 15.9 Å². The number of hydrogen-bond acceptors (Lipinski definition) is 3. The van der Waals surface area contributed by atoms with Gasteiger partial charge in [-0.3, -0.25) is 4.79 Å². The molecule has 0 aromatic heterocycles. The van der Waals surface area contributed by atoms with E-state index in [-0.39, 0.29) is 17.5 Å². The molecule has 1 aliphatic rings. The van der Waals surface area contributed by atoms with Crippen molar-refractivity contribution < 1.29 is 9.18 Å². The second-order valence-electron chi connectivity index (χ2n) is 4.14. The fourth-order valence-corrected chi connectivity index (χ4v) is 2.29. The SMILES string of the molecule is NCC1CC(=O)N(c2cc(Br)c(F)cc2N)C1. The van der Waals surface area contributed by atoms with Crippen LogP contribution in [0.15, 0.2) is 16.6 Å². The van der Waals surface area contributed by atoms with E-state index < -0.39 is 5.82 Å². The zero-order valence-corrected chi connectivity index (χ0v) is 10.7. The van der Waals surface area contributed by atoms with Crippen molar-refractivity contribution in [2.45, 2.75) is 6.42 Å². The standard InChI is InChI=1S/C11H13BrFN3O/c12-7-2-10(9(15)3-8(7)13)16-5-6(4-14)1-11(16)17/h2-3,6H,1,4-5,14-15H2. The Kier molecular flexibility index (Phi) is 3.35. The summed E-state index contributed by atoms with van der Waals surface area (Å²) in [4.78, 5) is 13.4. The highest BCUT2D eigenvalue weighted by Gasteiger charge is 2.31. The molecule has 4 N–H and O–H groups in total. The molecular formula is C11H13BrFN3O. The number of amides is 1. The molecule has 2 rings (SSSR count). The number of carbonyl (C=O) groups excluding carboxylic acids is 1. The third-order valence-electron chi connectivity index (χ3n) is 2.90. The topological polar surface area (TPSA) is 72.4 Å². The Morgan fingerprint density at radius 2 is 2.24 bits per heavy atom. The molecule has 1 amide bonds. The predicted molar refractivity (Wildman–Crippen MR) is 68.0 cm³/mol. The lowest BCUT2D eigenvalue weighted by atomic mass is 10.1. The van der Waals surface area contributed by atoms with Crippen LogP contribution < -0.4 is 16.4 Å². The van der Waals surface area contributed by atoms with E-state index >= 15 is 0 Å². The molecule has 1 atom stereocenters. The number of nitrogens with two attached hydrogens (primary N) is 2. The van der Waals surface area contributed by atoms with Gasteiger partial charge in [-0.05, 0) is 34.5 Å². The van der Waals surface area contributed by atoms with Crippen LogP contribution in [-0.2, 0) is 4.79 Å². The minimum absolute atomic E-state index is 0.0225. The molecule has 92 valence electrons. The van der Waals surface area contributed by atoms with Crippen molar-refractivity contribution in [2.75, 3.05) is 23.7 Å². The van der Waals surface area contributed by atoms with E-state index in [1.54, 1.807) is 4.90 Å². The molecule has 1 heterocycles. The lowest BCUT2D eigenvalue weighted by Crippen LogP contribution is -2.26.